The molecule has 2 aromatic rings. The highest BCUT2D eigenvalue weighted by molar-refractivity contribution is 7.89. The first-order valence-electron chi connectivity index (χ1n) is 8.70. The number of anilines is 1. The Labute approximate surface area is 160 Å². The number of rotatable bonds is 4. The minimum absolute atomic E-state index is 0.127. The Morgan fingerprint density at radius 2 is 2.19 bits per heavy atom. The van der Waals surface area contributed by atoms with E-state index < -0.39 is 16.1 Å². The lowest BCUT2D eigenvalue weighted by atomic mass is 10.2. The Kier molecular flexibility index (Phi) is 4.78. The van der Waals surface area contributed by atoms with Gasteiger partial charge in [0, 0.05) is 24.4 Å². The summed E-state index contributed by atoms with van der Waals surface area (Å²) in [5.41, 5.74) is 1.18. The fourth-order valence-corrected chi connectivity index (χ4v) is 6.18. The standard InChI is InChI=1S/C16H20N4O5S2/c1-9-14(10(2)25-19-9)27(22,23)20-6-5-11-13(8-20)26-16(17-11)18-15(21)12-4-3-7-24-12/h12H,3-8H2,1-2H3,(H,17,18,21). The molecule has 1 fully saturated rings. The average molecular weight is 412 g/mol. The first-order chi connectivity index (χ1) is 12.9. The predicted octanol–water partition coefficient (Wildman–Crippen LogP) is 1.61. The first-order valence-corrected chi connectivity index (χ1v) is 11.0. The summed E-state index contributed by atoms with van der Waals surface area (Å²) in [5, 5.41) is 7.02. The Balaban J connectivity index is 1.52. The van der Waals surface area contributed by atoms with E-state index in [1.54, 1.807) is 13.8 Å². The van der Waals surface area contributed by atoms with Gasteiger partial charge >= 0.3 is 0 Å². The van der Waals surface area contributed by atoms with E-state index in [2.05, 4.69) is 15.5 Å². The largest absolute Gasteiger partial charge is 0.368 e. The molecule has 9 nitrogen and oxygen atoms in total. The number of ether oxygens (including phenoxy) is 1. The van der Waals surface area contributed by atoms with Gasteiger partial charge in [0.1, 0.15) is 16.7 Å². The van der Waals surface area contributed by atoms with Gasteiger partial charge in [0.2, 0.25) is 10.0 Å². The molecule has 0 bridgehead atoms. The van der Waals surface area contributed by atoms with Crippen LogP contribution in [0.1, 0.15) is 34.9 Å². The van der Waals surface area contributed by atoms with E-state index in [1.807, 2.05) is 0 Å². The molecule has 2 aromatic heterocycles. The molecular weight excluding hydrogens is 392 g/mol. The topological polar surface area (TPSA) is 115 Å². The van der Waals surface area contributed by atoms with E-state index in [0.717, 1.165) is 17.0 Å². The minimum Gasteiger partial charge on any atom is -0.368 e. The van der Waals surface area contributed by atoms with Crippen molar-refractivity contribution >= 4 is 32.4 Å². The second-order valence-electron chi connectivity index (χ2n) is 6.62. The van der Waals surface area contributed by atoms with E-state index in [9.17, 15) is 13.2 Å². The Morgan fingerprint density at radius 3 is 2.85 bits per heavy atom. The number of fused-ring (bicyclic) bond motifs is 1. The molecule has 1 unspecified atom stereocenters. The molecule has 27 heavy (non-hydrogen) atoms. The number of carbonyl (C=O) groups is 1. The van der Waals surface area contributed by atoms with Gasteiger partial charge in [-0.1, -0.05) is 5.16 Å². The monoisotopic (exact) mass is 412 g/mol. The predicted molar refractivity (Wildman–Crippen MR) is 97.0 cm³/mol. The second kappa shape index (κ2) is 6.97. The number of amides is 1. The number of sulfonamides is 1. The van der Waals surface area contributed by atoms with Crippen molar-refractivity contribution in [3.05, 3.63) is 22.0 Å². The minimum atomic E-state index is -3.70. The summed E-state index contributed by atoms with van der Waals surface area (Å²) < 4.78 is 37.8. The number of thiazole rings is 1. The third kappa shape index (κ3) is 3.40. The number of aromatic nitrogens is 2. The number of nitrogens with one attached hydrogen (secondary N) is 1. The van der Waals surface area contributed by atoms with Gasteiger partial charge in [-0.05, 0) is 26.7 Å². The lowest BCUT2D eigenvalue weighted by molar-refractivity contribution is -0.124. The van der Waals surface area contributed by atoms with Gasteiger partial charge in [0.25, 0.3) is 5.91 Å². The summed E-state index contributed by atoms with van der Waals surface area (Å²) in [4.78, 5) is 17.6. The quantitative estimate of drug-likeness (QED) is 0.811. The molecule has 1 saturated heterocycles. The molecule has 1 N–H and O–H groups in total. The molecule has 2 aliphatic rings. The van der Waals surface area contributed by atoms with E-state index in [0.29, 0.717) is 36.8 Å². The SMILES string of the molecule is Cc1noc(C)c1S(=O)(=O)N1CCc2nc(NC(=O)C3CCCO3)sc2C1. The average Bonchev–Trinajstić information content (AvgIpc) is 3.34. The number of carbonyl (C=O) groups excluding carboxylic acids is 1. The van der Waals surface area contributed by atoms with E-state index in [1.165, 1.54) is 15.6 Å². The van der Waals surface area contributed by atoms with E-state index in [-0.39, 0.29) is 23.1 Å². The van der Waals surface area contributed by atoms with Crippen molar-refractivity contribution in [1.82, 2.24) is 14.4 Å². The van der Waals surface area contributed by atoms with Crippen LogP contribution in [0.3, 0.4) is 0 Å². The summed E-state index contributed by atoms with van der Waals surface area (Å²) in [6.45, 7) is 4.34. The highest BCUT2D eigenvalue weighted by atomic mass is 32.2. The maximum Gasteiger partial charge on any atom is 0.255 e. The van der Waals surface area contributed by atoms with Gasteiger partial charge in [-0.2, -0.15) is 4.31 Å². The van der Waals surface area contributed by atoms with Gasteiger partial charge in [0.05, 0.1) is 12.2 Å². The molecular formula is C16H20N4O5S2. The Hall–Kier alpha value is -1.82. The molecule has 4 heterocycles. The van der Waals surface area contributed by atoms with Crippen LogP contribution in [0.15, 0.2) is 9.42 Å². The van der Waals surface area contributed by atoms with Crippen molar-refractivity contribution in [1.29, 1.82) is 0 Å². The van der Waals surface area contributed by atoms with Crippen LogP contribution in [-0.2, 0) is 32.5 Å². The van der Waals surface area contributed by atoms with Crippen LogP contribution >= 0.6 is 11.3 Å². The van der Waals surface area contributed by atoms with Crippen LogP contribution in [-0.4, -0.2) is 48.0 Å². The van der Waals surface area contributed by atoms with Gasteiger partial charge in [-0.25, -0.2) is 13.4 Å². The van der Waals surface area contributed by atoms with Gasteiger partial charge in [-0.15, -0.1) is 11.3 Å². The molecule has 0 aromatic carbocycles. The van der Waals surface area contributed by atoms with Crippen LogP contribution in [0.4, 0.5) is 5.13 Å². The van der Waals surface area contributed by atoms with Crippen LogP contribution < -0.4 is 5.32 Å². The van der Waals surface area contributed by atoms with Crippen molar-refractivity contribution in [2.75, 3.05) is 18.5 Å². The normalized spacial score (nSPS) is 20.6. The lowest BCUT2D eigenvalue weighted by Gasteiger charge is -2.25. The fraction of sp³-hybridized carbons (Fsp3) is 0.562. The van der Waals surface area contributed by atoms with Crippen molar-refractivity contribution in [3.8, 4) is 0 Å². The smallest absolute Gasteiger partial charge is 0.255 e. The molecule has 11 heteroatoms. The Morgan fingerprint density at radius 1 is 1.37 bits per heavy atom. The van der Waals surface area contributed by atoms with Crippen molar-refractivity contribution < 1.29 is 22.5 Å². The third-order valence-corrected chi connectivity index (χ3v) is 7.80. The molecule has 4 rings (SSSR count). The Bertz CT molecular complexity index is 956. The zero-order chi connectivity index (χ0) is 19.2. The summed E-state index contributed by atoms with van der Waals surface area (Å²) in [6, 6.07) is 0. The molecule has 146 valence electrons. The summed E-state index contributed by atoms with van der Waals surface area (Å²) in [6.07, 6.45) is 1.65. The molecule has 0 spiro atoms. The van der Waals surface area contributed by atoms with Gasteiger partial charge in [-0.3, -0.25) is 10.1 Å². The number of hydrogen-bond acceptors (Lipinski definition) is 8. The van der Waals surface area contributed by atoms with Gasteiger partial charge in [0.15, 0.2) is 10.9 Å². The first kappa shape index (κ1) is 18.5. The number of aryl methyl sites for hydroxylation is 2. The molecule has 1 amide bonds. The molecule has 0 saturated carbocycles. The fourth-order valence-electron chi connectivity index (χ4n) is 3.37. The highest BCUT2D eigenvalue weighted by Crippen LogP contribution is 2.32. The van der Waals surface area contributed by atoms with Crippen LogP contribution in [0.25, 0.3) is 0 Å². The van der Waals surface area contributed by atoms with Crippen LogP contribution in [0.2, 0.25) is 0 Å². The number of nitrogens with zero attached hydrogens (tertiary/aromatic N) is 3. The molecule has 0 aliphatic carbocycles. The summed E-state index contributed by atoms with van der Waals surface area (Å²) >= 11 is 1.30. The summed E-state index contributed by atoms with van der Waals surface area (Å²) in [5.74, 6) is 0.0888. The van der Waals surface area contributed by atoms with Gasteiger partial charge < -0.3 is 9.26 Å². The summed E-state index contributed by atoms with van der Waals surface area (Å²) in [7, 11) is -3.70. The molecule has 0 radical (unpaired) electrons. The zero-order valence-corrected chi connectivity index (χ0v) is 16.7. The third-order valence-electron chi connectivity index (χ3n) is 4.71. The lowest BCUT2D eigenvalue weighted by Crippen LogP contribution is -2.36. The highest BCUT2D eigenvalue weighted by Gasteiger charge is 2.35. The number of hydrogen-bond donors (Lipinski definition) is 1. The second-order valence-corrected chi connectivity index (χ2v) is 9.58. The van der Waals surface area contributed by atoms with Crippen LogP contribution in [0, 0.1) is 13.8 Å². The maximum atomic E-state index is 13.0. The van der Waals surface area contributed by atoms with E-state index >= 15 is 0 Å². The molecule has 2 aliphatic heterocycles. The zero-order valence-electron chi connectivity index (χ0n) is 15.0. The maximum absolute atomic E-state index is 13.0. The van der Waals surface area contributed by atoms with Crippen LogP contribution in [0.5, 0.6) is 0 Å². The van der Waals surface area contributed by atoms with Crippen molar-refractivity contribution in [2.24, 2.45) is 0 Å². The van der Waals surface area contributed by atoms with E-state index in [4.69, 9.17) is 9.26 Å². The van der Waals surface area contributed by atoms with Crippen molar-refractivity contribution in [2.45, 2.75) is 50.7 Å². The molecule has 1 atom stereocenters. The van der Waals surface area contributed by atoms with Crippen molar-refractivity contribution in [3.63, 3.8) is 0 Å².